The van der Waals surface area contributed by atoms with Crippen LogP contribution in [0.4, 0.5) is 0 Å². The minimum absolute atomic E-state index is 0.882. The van der Waals surface area contributed by atoms with Crippen molar-refractivity contribution in [2.45, 2.75) is 6.42 Å². The summed E-state index contributed by atoms with van der Waals surface area (Å²) in [5.74, 6) is 0. The van der Waals surface area contributed by atoms with E-state index < -0.39 is 0 Å². The molecule has 25 heavy (non-hydrogen) atoms. The Labute approximate surface area is 150 Å². The fraction of sp³-hybridized carbons (Fsp3) is 0.0455. The fourth-order valence-corrected chi connectivity index (χ4v) is 4.07. The summed E-state index contributed by atoms with van der Waals surface area (Å²) in [6.07, 6.45) is 3.03. The Hall–Kier alpha value is -2.91. The van der Waals surface area contributed by atoms with Gasteiger partial charge in [0.15, 0.2) is 0 Å². The molecule has 5 rings (SSSR count). The molecule has 0 radical (unpaired) electrons. The third kappa shape index (κ3) is 2.44. The lowest BCUT2D eigenvalue weighted by molar-refractivity contribution is 1.04. The predicted molar refractivity (Wildman–Crippen MR) is 105 cm³/mol. The number of nitrogens with zero attached hydrogens (tertiary/aromatic N) is 2. The van der Waals surface area contributed by atoms with Gasteiger partial charge in [0.2, 0.25) is 0 Å². The number of hydrogen-bond donors (Lipinski definition) is 0. The van der Waals surface area contributed by atoms with Gasteiger partial charge in [-0.3, -0.25) is 0 Å². The van der Waals surface area contributed by atoms with Crippen LogP contribution in [0.15, 0.2) is 83.7 Å². The van der Waals surface area contributed by atoms with Gasteiger partial charge in [-0.15, -0.1) is 0 Å². The number of hydrogen-bond acceptors (Lipinski definition) is 2. The number of thiophene rings is 1. The van der Waals surface area contributed by atoms with Crippen LogP contribution in [-0.2, 0) is 6.42 Å². The van der Waals surface area contributed by atoms with Crippen LogP contribution >= 0.6 is 11.3 Å². The summed E-state index contributed by atoms with van der Waals surface area (Å²) >= 11 is 1.74. The van der Waals surface area contributed by atoms with E-state index in [4.69, 9.17) is 4.98 Å². The van der Waals surface area contributed by atoms with Gasteiger partial charge in [0.25, 0.3) is 0 Å². The van der Waals surface area contributed by atoms with Gasteiger partial charge in [0, 0.05) is 23.6 Å². The second kappa shape index (κ2) is 5.87. The van der Waals surface area contributed by atoms with Crippen molar-refractivity contribution >= 4 is 27.8 Å². The second-order valence-electron chi connectivity index (χ2n) is 6.18. The molecule has 0 aliphatic heterocycles. The zero-order valence-electron chi connectivity index (χ0n) is 13.6. The molecule has 0 fully saturated rings. The van der Waals surface area contributed by atoms with Crippen LogP contribution in [-0.4, -0.2) is 9.38 Å². The number of rotatable bonds is 3. The summed E-state index contributed by atoms with van der Waals surface area (Å²) in [5, 5.41) is 6.77. The zero-order chi connectivity index (χ0) is 16.6. The maximum atomic E-state index is 5.06. The van der Waals surface area contributed by atoms with Crippen molar-refractivity contribution < 1.29 is 0 Å². The van der Waals surface area contributed by atoms with Crippen molar-refractivity contribution in [3.05, 3.63) is 94.9 Å². The summed E-state index contributed by atoms with van der Waals surface area (Å²) in [6.45, 7) is 0. The first-order chi connectivity index (χ1) is 12.4. The molecule has 0 atom stereocenters. The second-order valence-corrected chi connectivity index (χ2v) is 6.96. The molecule has 0 aliphatic carbocycles. The average Bonchev–Trinajstić information content (AvgIpc) is 3.31. The zero-order valence-corrected chi connectivity index (χ0v) is 14.4. The molecule has 2 aromatic carbocycles. The lowest BCUT2D eigenvalue weighted by Crippen LogP contribution is -1.96. The molecule has 5 aromatic rings. The number of fused-ring (bicyclic) bond motifs is 3. The van der Waals surface area contributed by atoms with Gasteiger partial charge in [-0.2, -0.15) is 11.3 Å². The van der Waals surface area contributed by atoms with Gasteiger partial charge in [-0.1, -0.05) is 54.6 Å². The predicted octanol–water partition coefficient (Wildman–Crippen LogP) is 5.81. The molecule has 0 N–H and O–H groups in total. The minimum atomic E-state index is 0.882. The SMILES string of the molecule is c1ccc(-c2nc3c4ccccc4ccn3c2Cc2ccsc2)cc1. The van der Waals surface area contributed by atoms with Crippen LogP contribution in [0.25, 0.3) is 27.7 Å². The van der Waals surface area contributed by atoms with Crippen molar-refractivity contribution in [1.29, 1.82) is 0 Å². The van der Waals surface area contributed by atoms with Crippen LogP contribution in [0.5, 0.6) is 0 Å². The van der Waals surface area contributed by atoms with Gasteiger partial charge in [0.1, 0.15) is 5.65 Å². The van der Waals surface area contributed by atoms with E-state index in [9.17, 15) is 0 Å². The van der Waals surface area contributed by atoms with E-state index in [1.165, 1.54) is 27.6 Å². The van der Waals surface area contributed by atoms with E-state index in [0.717, 1.165) is 17.8 Å². The highest BCUT2D eigenvalue weighted by Gasteiger charge is 2.16. The fourth-order valence-electron chi connectivity index (χ4n) is 3.40. The van der Waals surface area contributed by atoms with Gasteiger partial charge in [0.05, 0.1) is 11.4 Å². The molecule has 0 bridgehead atoms. The molecule has 2 nitrogen and oxygen atoms in total. The van der Waals surface area contributed by atoms with Gasteiger partial charge < -0.3 is 4.40 Å². The normalized spacial score (nSPS) is 11.4. The summed E-state index contributed by atoms with van der Waals surface area (Å²) in [7, 11) is 0. The first-order valence-electron chi connectivity index (χ1n) is 8.35. The molecule has 3 heteroatoms. The maximum absolute atomic E-state index is 5.06. The summed E-state index contributed by atoms with van der Waals surface area (Å²) in [4.78, 5) is 5.06. The Bertz CT molecular complexity index is 1160. The Morgan fingerprint density at radius 3 is 2.56 bits per heavy atom. The van der Waals surface area contributed by atoms with Gasteiger partial charge in [-0.05, 0) is 33.8 Å². The Balaban J connectivity index is 1.82. The Kier molecular flexibility index (Phi) is 3.39. The van der Waals surface area contributed by atoms with E-state index >= 15 is 0 Å². The largest absolute Gasteiger partial charge is 0.303 e. The lowest BCUT2D eigenvalue weighted by Gasteiger charge is -2.05. The standard InChI is InChI=1S/C22H16N2S/c1-2-7-18(8-3-1)21-20(14-16-11-13-25-15-16)24-12-10-17-6-4-5-9-19(17)22(24)23-21/h1-13,15H,14H2. The van der Waals surface area contributed by atoms with E-state index in [2.05, 4.69) is 82.0 Å². The van der Waals surface area contributed by atoms with Gasteiger partial charge in [-0.25, -0.2) is 4.98 Å². The van der Waals surface area contributed by atoms with E-state index in [1.807, 2.05) is 6.07 Å². The highest BCUT2D eigenvalue weighted by atomic mass is 32.1. The molecule has 0 spiro atoms. The highest BCUT2D eigenvalue weighted by Crippen LogP contribution is 2.30. The smallest absolute Gasteiger partial charge is 0.145 e. The quantitative estimate of drug-likeness (QED) is 0.405. The number of pyridine rings is 1. The average molecular weight is 340 g/mol. The van der Waals surface area contributed by atoms with Crippen molar-refractivity contribution in [3.8, 4) is 11.3 Å². The number of aromatic nitrogens is 2. The molecular weight excluding hydrogens is 324 g/mol. The first kappa shape index (κ1) is 14.4. The Morgan fingerprint density at radius 2 is 1.72 bits per heavy atom. The molecule has 3 heterocycles. The topological polar surface area (TPSA) is 17.3 Å². The molecule has 0 saturated heterocycles. The summed E-state index contributed by atoms with van der Waals surface area (Å²) in [6, 6.07) is 23.3. The van der Waals surface area contributed by atoms with E-state index in [0.29, 0.717) is 0 Å². The van der Waals surface area contributed by atoms with Crippen LogP contribution in [0.3, 0.4) is 0 Å². The molecule has 0 aliphatic rings. The first-order valence-corrected chi connectivity index (χ1v) is 9.29. The third-order valence-corrected chi connectivity index (χ3v) is 5.35. The minimum Gasteiger partial charge on any atom is -0.303 e. The monoisotopic (exact) mass is 340 g/mol. The molecule has 0 unspecified atom stereocenters. The van der Waals surface area contributed by atoms with Gasteiger partial charge >= 0.3 is 0 Å². The summed E-state index contributed by atoms with van der Waals surface area (Å²) in [5.41, 5.74) is 5.84. The molecule has 120 valence electrons. The van der Waals surface area contributed by atoms with Crippen molar-refractivity contribution in [2.75, 3.05) is 0 Å². The molecule has 0 amide bonds. The third-order valence-electron chi connectivity index (χ3n) is 4.61. The molecule has 3 aromatic heterocycles. The maximum Gasteiger partial charge on any atom is 0.145 e. The van der Waals surface area contributed by atoms with Crippen molar-refractivity contribution in [3.63, 3.8) is 0 Å². The van der Waals surface area contributed by atoms with E-state index in [-0.39, 0.29) is 0 Å². The van der Waals surface area contributed by atoms with Crippen LogP contribution in [0.1, 0.15) is 11.3 Å². The number of imidazole rings is 1. The number of benzene rings is 2. The van der Waals surface area contributed by atoms with Crippen LogP contribution in [0.2, 0.25) is 0 Å². The molecule has 0 saturated carbocycles. The highest BCUT2D eigenvalue weighted by molar-refractivity contribution is 7.07. The lowest BCUT2D eigenvalue weighted by atomic mass is 10.1. The van der Waals surface area contributed by atoms with Crippen LogP contribution < -0.4 is 0 Å². The molecular formula is C22H16N2S. The Morgan fingerprint density at radius 1 is 0.880 bits per heavy atom. The van der Waals surface area contributed by atoms with Crippen molar-refractivity contribution in [2.24, 2.45) is 0 Å². The van der Waals surface area contributed by atoms with Crippen molar-refractivity contribution in [1.82, 2.24) is 9.38 Å². The van der Waals surface area contributed by atoms with E-state index in [1.54, 1.807) is 11.3 Å². The summed E-state index contributed by atoms with van der Waals surface area (Å²) < 4.78 is 2.25. The van der Waals surface area contributed by atoms with Crippen LogP contribution in [0, 0.1) is 0 Å².